The number of amides is 1. The summed E-state index contributed by atoms with van der Waals surface area (Å²) in [7, 11) is 0. The summed E-state index contributed by atoms with van der Waals surface area (Å²) in [5.74, 6) is 0.435. The van der Waals surface area contributed by atoms with Gasteiger partial charge in [-0.1, -0.05) is 18.2 Å². The zero-order valence-electron chi connectivity index (χ0n) is 15.8. The first kappa shape index (κ1) is 18.2. The summed E-state index contributed by atoms with van der Waals surface area (Å²) in [5.41, 5.74) is 4.64. The number of anilines is 1. The third-order valence-corrected chi connectivity index (χ3v) is 5.26. The fourth-order valence-electron chi connectivity index (χ4n) is 2.91. The molecule has 1 amide bonds. The van der Waals surface area contributed by atoms with Gasteiger partial charge in [0.1, 0.15) is 5.82 Å². The second-order valence-electron chi connectivity index (χ2n) is 6.36. The molecule has 0 fully saturated rings. The number of hydrogen-bond acceptors (Lipinski definition) is 5. The number of carbonyl (C=O) groups is 1. The van der Waals surface area contributed by atoms with E-state index in [0.717, 1.165) is 27.5 Å². The highest BCUT2D eigenvalue weighted by Gasteiger charge is 2.16. The molecule has 2 aromatic carbocycles. The Balaban J connectivity index is 1.70. The normalized spacial score (nSPS) is 11.0. The van der Waals surface area contributed by atoms with Crippen molar-refractivity contribution in [1.82, 2.24) is 19.7 Å². The Hall–Kier alpha value is -3.19. The van der Waals surface area contributed by atoms with Gasteiger partial charge in [0.2, 0.25) is 0 Å². The molecule has 0 radical (unpaired) electrons. The van der Waals surface area contributed by atoms with Crippen molar-refractivity contribution in [2.75, 3.05) is 11.6 Å². The van der Waals surface area contributed by atoms with Crippen molar-refractivity contribution in [3.05, 3.63) is 71.7 Å². The summed E-state index contributed by atoms with van der Waals surface area (Å²) in [4.78, 5) is 22.9. The molecular formula is C21H19N5OS. The van der Waals surface area contributed by atoms with E-state index in [1.54, 1.807) is 23.0 Å². The maximum Gasteiger partial charge on any atom is 0.256 e. The van der Waals surface area contributed by atoms with Gasteiger partial charge in [0.25, 0.3) is 5.91 Å². The van der Waals surface area contributed by atoms with Crippen molar-refractivity contribution >= 4 is 34.5 Å². The van der Waals surface area contributed by atoms with Crippen molar-refractivity contribution in [2.45, 2.75) is 18.7 Å². The third kappa shape index (κ3) is 3.36. The first-order chi connectivity index (χ1) is 13.6. The molecule has 28 heavy (non-hydrogen) atoms. The molecule has 0 unspecified atom stereocenters. The molecule has 4 aromatic rings. The van der Waals surface area contributed by atoms with Crippen LogP contribution in [-0.2, 0) is 0 Å². The van der Waals surface area contributed by atoms with Crippen molar-refractivity contribution in [3.8, 4) is 5.69 Å². The fraction of sp³-hybridized carbons (Fsp3) is 0.143. The summed E-state index contributed by atoms with van der Waals surface area (Å²) in [5, 5.41) is 7.44. The number of rotatable bonds is 4. The second kappa shape index (κ2) is 7.44. The van der Waals surface area contributed by atoms with Crippen LogP contribution in [-0.4, -0.2) is 31.9 Å². The summed E-state index contributed by atoms with van der Waals surface area (Å²) in [6.45, 7) is 3.84. The van der Waals surface area contributed by atoms with E-state index in [-0.39, 0.29) is 5.91 Å². The minimum absolute atomic E-state index is 0.213. The highest BCUT2D eigenvalue weighted by molar-refractivity contribution is 7.98. The molecule has 2 aromatic heterocycles. The van der Waals surface area contributed by atoms with Crippen LogP contribution in [0.25, 0.3) is 16.7 Å². The Morgan fingerprint density at radius 1 is 1.00 bits per heavy atom. The highest BCUT2D eigenvalue weighted by Crippen LogP contribution is 2.28. The lowest BCUT2D eigenvalue weighted by Crippen LogP contribution is -2.16. The molecule has 0 aliphatic heterocycles. The highest BCUT2D eigenvalue weighted by atomic mass is 32.2. The molecule has 4 rings (SSSR count). The summed E-state index contributed by atoms with van der Waals surface area (Å²) >= 11 is 1.53. The Morgan fingerprint density at radius 3 is 2.43 bits per heavy atom. The molecule has 0 aliphatic carbocycles. The quantitative estimate of drug-likeness (QED) is 0.524. The maximum absolute atomic E-state index is 12.9. The van der Waals surface area contributed by atoms with E-state index in [1.807, 2.05) is 56.5 Å². The number of nitrogens with zero attached hydrogens (tertiary/aromatic N) is 4. The predicted octanol–water partition coefficient (Wildman–Crippen LogP) is 4.41. The van der Waals surface area contributed by atoms with Gasteiger partial charge in [0.05, 0.1) is 39.2 Å². The first-order valence-electron chi connectivity index (χ1n) is 8.80. The van der Waals surface area contributed by atoms with Gasteiger partial charge < -0.3 is 5.32 Å². The van der Waals surface area contributed by atoms with Crippen LogP contribution >= 0.6 is 11.8 Å². The molecular weight excluding hydrogens is 370 g/mol. The van der Waals surface area contributed by atoms with Crippen LogP contribution in [0.4, 0.5) is 5.82 Å². The lowest BCUT2D eigenvalue weighted by molar-refractivity contribution is 0.102. The number of hydrogen-bond donors (Lipinski definition) is 1. The summed E-state index contributed by atoms with van der Waals surface area (Å²) in [6.07, 6.45) is 3.71. The smallest absolute Gasteiger partial charge is 0.256 e. The minimum Gasteiger partial charge on any atom is -0.306 e. The van der Waals surface area contributed by atoms with E-state index in [0.29, 0.717) is 16.9 Å². The van der Waals surface area contributed by atoms with E-state index in [1.165, 1.54) is 11.8 Å². The van der Waals surface area contributed by atoms with Crippen LogP contribution in [0.1, 0.15) is 21.7 Å². The number of carbonyl (C=O) groups excluding carboxylic acids is 1. The van der Waals surface area contributed by atoms with Crippen LogP contribution < -0.4 is 5.32 Å². The Morgan fingerprint density at radius 2 is 1.71 bits per heavy atom. The van der Waals surface area contributed by atoms with Crippen LogP contribution in [0, 0.1) is 13.8 Å². The lowest BCUT2D eigenvalue weighted by atomic mass is 10.1. The van der Waals surface area contributed by atoms with Crippen molar-refractivity contribution in [1.29, 1.82) is 0 Å². The van der Waals surface area contributed by atoms with Crippen LogP contribution in [0.15, 0.2) is 59.6 Å². The Bertz CT molecular complexity index is 1170. The van der Waals surface area contributed by atoms with Gasteiger partial charge in [-0.05, 0) is 50.4 Å². The topological polar surface area (TPSA) is 72.7 Å². The first-order valence-corrected chi connectivity index (χ1v) is 10.0. The molecule has 0 atom stereocenters. The van der Waals surface area contributed by atoms with E-state index in [2.05, 4.69) is 20.4 Å². The van der Waals surface area contributed by atoms with Gasteiger partial charge in [0, 0.05) is 5.56 Å². The SMILES string of the molecule is CSc1cnn(-c2ccccc2)c1NC(=O)c1ccc2nc(C)c(C)nc2c1. The number of fused-ring (bicyclic) bond motifs is 1. The van der Waals surface area contributed by atoms with Crippen LogP contribution in [0.3, 0.4) is 0 Å². The van der Waals surface area contributed by atoms with Crippen molar-refractivity contribution in [2.24, 2.45) is 0 Å². The van der Waals surface area contributed by atoms with Gasteiger partial charge in [-0.3, -0.25) is 4.79 Å². The molecule has 0 aliphatic rings. The van der Waals surface area contributed by atoms with Gasteiger partial charge in [0.15, 0.2) is 0 Å². The van der Waals surface area contributed by atoms with Crippen LogP contribution in [0.2, 0.25) is 0 Å². The average molecular weight is 389 g/mol. The van der Waals surface area contributed by atoms with E-state index in [9.17, 15) is 4.79 Å². The molecule has 0 bridgehead atoms. The minimum atomic E-state index is -0.213. The van der Waals surface area contributed by atoms with Gasteiger partial charge >= 0.3 is 0 Å². The molecule has 7 heteroatoms. The standard InChI is InChI=1S/C21H19N5OS/c1-13-14(2)24-18-11-15(9-10-17(18)23-13)21(27)25-20-19(28-3)12-22-26(20)16-7-5-4-6-8-16/h4-12H,1-3H3,(H,25,27). The third-order valence-electron chi connectivity index (χ3n) is 4.53. The second-order valence-corrected chi connectivity index (χ2v) is 7.21. The molecule has 0 spiro atoms. The maximum atomic E-state index is 12.9. The molecule has 6 nitrogen and oxygen atoms in total. The molecule has 2 heterocycles. The predicted molar refractivity (Wildman–Crippen MR) is 112 cm³/mol. The van der Waals surface area contributed by atoms with Gasteiger partial charge in [-0.25, -0.2) is 14.6 Å². The number of para-hydroxylation sites is 1. The van der Waals surface area contributed by atoms with E-state index < -0.39 is 0 Å². The number of benzene rings is 2. The lowest BCUT2D eigenvalue weighted by Gasteiger charge is -2.11. The molecule has 0 saturated carbocycles. The monoisotopic (exact) mass is 389 g/mol. The van der Waals surface area contributed by atoms with Gasteiger partial charge in [-0.15, -0.1) is 11.8 Å². The van der Waals surface area contributed by atoms with Crippen molar-refractivity contribution < 1.29 is 4.79 Å². The number of aryl methyl sites for hydroxylation is 2. The van der Waals surface area contributed by atoms with E-state index in [4.69, 9.17) is 0 Å². The average Bonchev–Trinajstić information content (AvgIpc) is 3.11. The summed E-state index contributed by atoms with van der Waals surface area (Å²) in [6, 6.07) is 15.1. The number of aromatic nitrogens is 4. The van der Waals surface area contributed by atoms with Crippen LogP contribution in [0.5, 0.6) is 0 Å². The Labute approximate surface area is 167 Å². The zero-order valence-corrected chi connectivity index (χ0v) is 16.6. The fourth-order valence-corrected chi connectivity index (χ4v) is 3.40. The zero-order chi connectivity index (χ0) is 19.7. The number of nitrogens with one attached hydrogen (secondary N) is 1. The molecule has 1 N–H and O–H groups in total. The van der Waals surface area contributed by atoms with E-state index >= 15 is 0 Å². The molecule has 0 saturated heterocycles. The number of thioether (sulfide) groups is 1. The largest absolute Gasteiger partial charge is 0.306 e. The Kier molecular flexibility index (Phi) is 4.83. The summed E-state index contributed by atoms with van der Waals surface area (Å²) < 4.78 is 1.73. The van der Waals surface area contributed by atoms with Crippen molar-refractivity contribution in [3.63, 3.8) is 0 Å². The van der Waals surface area contributed by atoms with Gasteiger partial charge in [-0.2, -0.15) is 5.10 Å². The molecule has 140 valence electrons.